The highest BCUT2D eigenvalue weighted by atomic mass is 32.1. The van der Waals surface area contributed by atoms with Gasteiger partial charge in [-0.15, -0.1) is 11.3 Å². The molecular formula is C13H19NOS. The van der Waals surface area contributed by atoms with Gasteiger partial charge in [0.15, 0.2) is 5.78 Å². The fourth-order valence-corrected chi connectivity index (χ4v) is 3.09. The molecule has 0 radical (unpaired) electrons. The van der Waals surface area contributed by atoms with Gasteiger partial charge in [0.2, 0.25) is 0 Å². The lowest BCUT2D eigenvalue weighted by Crippen LogP contribution is -2.32. The molecule has 0 spiro atoms. The first-order valence-electron chi connectivity index (χ1n) is 6.06. The molecule has 0 aliphatic carbocycles. The maximum atomic E-state index is 12.0. The number of rotatable bonds is 4. The Morgan fingerprint density at radius 2 is 2.38 bits per heavy atom. The van der Waals surface area contributed by atoms with Crippen LogP contribution in [0.2, 0.25) is 0 Å². The second kappa shape index (κ2) is 5.11. The van der Waals surface area contributed by atoms with Crippen LogP contribution in [0.15, 0.2) is 12.1 Å². The summed E-state index contributed by atoms with van der Waals surface area (Å²) in [6, 6.07) is 4.63. The maximum absolute atomic E-state index is 12.0. The number of hydrogen-bond donors (Lipinski definition) is 0. The fraction of sp³-hybridized carbons (Fsp3) is 0.615. The molecule has 1 unspecified atom stereocenters. The van der Waals surface area contributed by atoms with Crippen molar-refractivity contribution in [2.24, 2.45) is 0 Å². The zero-order valence-corrected chi connectivity index (χ0v) is 10.8. The lowest BCUT2D eigenvalue weighted by molar-refractivity contribution is 0.0930. The molecule has 16 heavy (non-hydrogen) atoms. The van der Waals surface area contributed by atoms with Gasteiger partial charge in [-0.25, -0.2) is 0 Å². The van der Waals surface area contributed by atoms with Crippen molar-refractivity contribution in [3.63, 3.8) is 0 Å². The Morgan fingerprint density at radius 1 is 1.56 bits per heavy atom. The second-order valence-electron chi connectivity index (χ2n) is 4.50. The number of thiophene rings is 1. The van der Waals surface area contributed by atoms with Crippen molar-refractivity contribution < 1.29 is 4.79 Å². The number of likely N-dealkylation sites (tertiary alicyclic amines) is 1. The number of carbonyl (C=O) groups excluding carboxylic acids is 1. The van der Waals surface area contributed by atoms with Crippen LogP contribution in [0.5, 0.6) is 0 Å². The quantitative estimate of drug-likeness (QED) is 0.750. The van der Waals surface area contributed by atoms with Gasteiger partial charge < -0.3 is 0 Å². The van der Waals surface area contributed by atoms with Crippen LogP contribution in [0.25, 0.3) is 0 Å². The molecular weight excluding hydrogens is 218 g/mol. The summed E-state index contributed by atoms with van der Waals surface area (Å²) >= 11 is 1.65. The molecule has 0 saturated carbocycles. The average Bonchev–Trinajstić information content (AvgIpc) is 2.88. The lowest BCUT2D eigenvalue weighted by atomic mass is 10.2. The van der Waals surface area contributed by atoms with E-state index in [-0.39, 0.29) is 0 Å². The number of nitrogens with zero attached hydrogens (tertiary/aromatic N) is 1. The van der Waals surface area contributed by atoms with Crippen LogP contribution < -0.4 is 0 Å². The van der Waals surface area contributed by atoms with Gasteiger partial charge >= 0.3 is 0 Å². The molecule has 1 aliphatic heterocycles. The zero-order chi connectivity index (χ0) is 11.5. The van der Waals surface area contributed by atoms with Gasteiger partial charge in [-0.3, -0.25) is 9.69 Å². The van der Waals surface area contributed by atoms with E-state index in [4.69, 9.17) is 0 Å². The van der Waals surface area contributed by atoms with Crippen LogP contribution in [-0.4, -0.2) is 29.8 Å². The smallest absolute Gasteiger partial charge is 0.186 e. The molecule has 2 nitrogen and oxygen atoms in total. The van der Waals surface area contributed by atoms with Crippen molar-refractivity contribution in [3.8, 4) is 0 Å². The summed E-state index contributed by atoms with van der Waals surface area (Å²) in [7, 11) is 0. The van der Waals surface area contributed by atoms with Crippen LogP contribution in [0.4, 0.5) is 0 Å². The van der Waals surface area contributed by atoms with Gasteiger partial charge in [-0.05, 0) is 44.9 Å². The van der Waals surface area contributed by atoms with Crippen LogP contribution in [0.1, 0.15) is 41.2 Å². The molecule has 0 amide bonds. The minimum Gasteiger partial charge on any atom is -0.293 e. The molecule has 2 rings (SSSR count). The van der Waals surface area contributed by atoms with Gasteiger partial charge in [-0.1, -0.05) is 6.92 Å². The van der Waals surface area contributed by atoms with Crippen molar-refractivity contribution in [1.82, 2.24) is 4.90 Å². The first kappa shape index (κ1) is 11.8. The highest BCUT2D eigenvalue weighted by Gasteiger charge is 2.23. The van der Waals surface area contributed by atoms with E-state index in [0.29, 0.717) is 18.4 Å². The van der Waals surface area contributed by atoms with Crippen molar-refractivity contribution in [1.29, 1.82) is 0 Å². The summed E-state index contributed by atoms with van der Waals surface area (Å²) in [6.07, 6.45) is 3.50. The number of hydrogen-bond acceptors (Lipinski definition) is 3. The Hall–Kier alpha value is -0.670. The Labute approximate surface area is 101 Å². The Morgan fingerprint density at radius 3 is 2.94 bits per heavy atom. The topological polar surface area (TPSA) is 20.3 Å². The summed E-state index contributed by atoms with van der Waals surface area (Å²) in [4.78, 5) is 16.6. The third-order valence-electron chi connectivity index (χ3n) is 3.32. The average molecular weight is 237 g/mol. The fourth-order valence-electron chi connectivity index (χ4n) is 2.21. The summed E-state index contributed by atoms with van der Waals surface area (Å²) in [5, 5.41) is 0. The van der Waals surface area contributed by atoms with E-state index in [1.54, 1.807) is 11.3 Å². The van der Waals surface area contributed by atoms with E-state index < -0.39 is 0 Å². The third-order valence-corrected chi connectivity index (χ3v) is 4.59. The van der Waals surface area contributed by atoms with E-state index in [9.17, 15) is 4.79 Å². The van der Waals surface area contributed by atoms with Gasteiger partial charge in [0.05, 0.1) is 11.4 Å². The molecule has 0 aromatic carbocycles. The SMILES string of the molecule is CCc1ccc(C(=O)CN2CCCC2C)s1. The van der Waals surface area contributed by atoms with Gasteiger partial charge in [0, 0.05) is 10.9 Å². The molecule has 1 fully saturated rings. The summed E-state index contributed by atoms with van der Waals surface area (Å²) in [5.74, 6) is 0.290. The Bertz CT molecular complexity index is 372. The normalized spacial score (nSPS) is 21.5. The molecule has 1 atom stereocenters. The maximum Gasteiger partial charge on any atom is 0.186 e. The van der Waals surface area contributed by atoms with E-state index >= 15 is 0 Å². The predicted octanol–water partition coefficient (Wildman–Crippen LogP) is 2.98. The Balaban J connectivity index is 1.97. The number of Topliss-reactive ketones (excluding diaryl/α,β-unsaturated/α-hetero) is 1. The molecule has 1 aromatic rings. The van der Waals surface area contributed by atoms with E-state index in [1.807, 2.05) is 6.07 Å². The molecule has 0 N–H and O–H groups in total. The van der Waals surface area contributed by atoms with Crippen LogP contribution in [-0.2, 0) is 6.42 Å². The van der Waals surface area contributed by atoms with Crippen molar-refractivity contribution in [3.05, 3.63) is 21.9 Å². The second-order valence-corrected chi connectivity index (χ2v) is 5.67. The lowest BCUT2D eigenvalue weighted by Gasteiger charge is -2.19. The molecule has 88 valence electrons. The summed E-state index contributed by atoms with van der Waals surface area (Å²) in [5.41, 5.74) is 0. The standard InChI is InChI=1S/C13H19NOS/c1-3-11-6-7-13(16-11)12(15)9-14-8-4-5-10(14)2/h6-7,10H,3-5,8-9H2,1-2H3. The van der Waals surface area contributed by atoms with Crippen molar-refractivity contribution in [2.45, 2.75) is 39.2 Å². The molecule has 3 heteroatoms. The predicted molar refractivity (Wildman–Crippen MR) is 68.3 cm³/mol. The molecule has 1 saturated heterocycles. The zero-order valence-electron chi connectivity index (χ0n) is 10.0. The van der Waals surface area contributed by atoms with Gasteiger partial charge in [0.1, 0.15) is 0 Å². The first-order chi connectivity index (χ1) is 7.70. The van der Waals surface area contributed by atoms with E-state index in [1.165, 1.54) is 17.7 Å². The summed E-state index contributed by atoms with van der Waals surface area (Å²) in [6.45, 7) is 6.03. The summed E-state index contributed by atoms with van der Waals surface area (Å²) < 4.78 is 0. The van der Waals surface area contributed by atoms with Gasteiger partial charge in [0.25, 0.3) is 0 Å². The highest BCUT2D eigenvalue weighted by molar-refractivity contribution is 7.14. The van der Waals surface area contributed by atoms with Crippen LogP contribution >= 0.6 is 11.3 Å². The number of aryl methyl sites for hydroxylation is 1. The molecule has 0 bridgehead atoms. The van der Waals surface area contributed by atoms with Crippen LogP contribution in [0.3, 0.4) is 0 Å². The van der Waals surface area contributed by atoms with Crippen molar-refractivity contribution >= 4 is 17.1 Å². The van der Waals surface area contributed by atoms with Crippen LogP contribution in [0, 0.1) is 0 Å². The van der Waals surface area contributed by atoms with E-state index in [2.05, 4.69) is 24.8 Å². The molecule has 2 heterocycles. The van der Waals surface area contributed by atoms with Crippen molar-refractivity contribution in [2.75, 3.05) is 13.1 Å². The van der Waals surface area contributed by atoms with Gasteiger partial charge in [-0.2, -0.15) is 0 Å². The molecule has 1 aromatic heterocycles. The largest absolute Gasteiger partial charge is 0.293 e. The Kier molecular flexibility index (Phi) is 3.77. The minimum absolute atomic E-state index is 0.290. The highest BCUT2D eigenvalue weighted by Crippen LogP contribution is 2.20. The number of ketones is 1. The van der Waals surface area contributed by atoms with E-state index in [0.717, 1.165) is 17.8 Å². The molecule has 1 aliphatic rings. The minimum atomic E-state index is 0.290. The monoisotopic (exact) mass is 237 g/mol. The number of carbonyl (C=O) groups is 1. The third kappa shape index (κ3) is 2.53. The first-order valence-corrected chi connectivity index (χ1v) is 6.88.